The first-order valence-corrected chi connectivity index (χ1v) is 9.19. The standard InChI is InChI=1S/C19H20BrNO5/c1-2-3-4-5-11-25-18-10-9-14(12-17(18)20)19(22)26-16-8-6-7-15(13-16)21(23)24/h6-10,12-13H,2-5,11H2,1H3. The van der Waals surface area contributed by atoms with E-state index in [-0.39, 0.29) is 11.4 Å². The number of nitrogens with zero attached hydrogens (tertiary/aromatic N) is 1. The number of non-ortho nitro benzene ring substituents is 1. The Morgan fingerprint density at radius 2 is 1.96 bits per heavy atom. The number of nitro benzene ring substituents is 1. The van der Waals surface area contributed by atoms with E-state index >= 15 is 0 Å². The van der Waals surface area contributed by atoms with Crippen LogP contribution in [0.3, 0.4) is 0 Å². The van der Waals surface area contributed by atoms with Crippen LogP contribution in [0, 0.1) is 10.1 Å². The number of carbonyl (C=O) groups excluding carboxylic acids is 1. The second kappa shape index (κ2) is 9.91. The van der Waals surface area contributed by atoms with Crippen molar-refractivity contribution in [2.45, 2.75) is 32.6 Å². The lowest BCUT2D eigenvalue weighted by Gasteiger charge is -2.10. The van der Waals surface area contributed by atoms with Gasteiger partial charge in [0.15, 0.2) is 0 Å². The van der Waals surface area contributed by atoms with Crippen LogP contribution in [0.4, 0.5) is 5.69 Å². The third kappa shape index (κ3) is 5.84. The average Bonchev–Trinajstić information content (AvgIpc) is 2.62. The highest BCUT2D eigenvalue weighted by Gasteiger charge is 2.14. The third-order valence-electron chi connectivity index (χ3n) is 3.66. The highest BCUT2D eigenvalue weighted by atomic mass is 79.9. The van der Waals surface area contributed by atoms with Crippen LogP contribution in [0.15, 0.2) is 46.9 Å². The van der Waals surface area contributed by atoms with Gasteiger partial charge in [-0.15, -0.1) is 0 Å². The van der Waals surface area contributed by atoms with Crippen molar-refractivity contribution in [2.75, 3.05) is 6.61 Å². The van der Waals surface area contributed by atoms with E-state index in [1.807, 2.05) is 0 Å². The molecule has 138 valence electrons. The molecular weight excluding hydrogens is 402 g/mol. The van der Waals surface area contributed by atoms with E-state index in [0.717, 1.165) is 12.8 Å². The fourth-order valence-electron chi connectivity index (χ4n) is 2.28. The zero-order chi connectivity index (χ0) is 18.9. The summed E-state index contributed by atoms with van der Waals surface area (Å²) in [6.07, 6.45) is 4.47. The number of hydrogen-bond acceptors (Lipinski definition) is 5. The molecule has 0 aliphatic heterocycles. The summed E-state index contributed by atoms with van der Waals surface area (Å²) in [5, 5.41) is 10.8. The van der Waals surface area contributed by atoms with E-state index in [0.29, 0.717) is 22.4 Å². The molecule has 0 aromatic heterocycles. The second-order valence-electron chi connectivity index (χ2n) is 5.70. The molecule has 0 aliphatic carbocycles. The number of esters is 1. The highest BCUT2D eigenvalue weighted by molar-refractivity contribution is 9.10. The van der Waals surface area contributed by atoms with Crippen LogP contribution in [-0.2, 0) is 0 Å². The molecule has 0 saturated heterocycles. The van der Waals surface area contributed by atoms with Gasteiger partial charge in [0.1, 0.15) is 11.5 Å². The van der Waals surface area contributed by atoms with Crippen LogP contribution in [0.25, 0.3) is 0 Å². The molecule has 0 bridgehead atoms. The molecule has 0 saturated carbocycles. The topological polar surface area (TPSA) is 78.7 Å². The van der Waals surface area contributed by atoms with Crippen LogP contribution in [-0.4, -0.2) is 17.5 Å². The lowest BCUT2D eigenvalue weighted by molar-refractivity contribution is -0.384. The van der Waals surface area contributed by atoms with Gasteiger partial charge < -0.3 is 9.47 Å². The van der Waals surface area contributed by atoms with Crippen molar-refractivity contribution in [3.63, 3.8) is 0 Å². The summed E-state index contributed by atoms with van der Waals surface area (Å²) in [4.78, 5) is 22.5. The summed E-state index contributed by atoms with van der Waals surface area (Å²) in [6.45, 7) is 2.78. The Hall–Kier alpha value is -2.41. The van der Waals surface area contributed by atoms with Crippen molar-refractivity contribution in [2.24, 2.45) is 0 Å². The largest absolute Gasteiger partial charge is 0.492 e. The second-order valence-corrected chi connectivity index (χ2v) is 6.55. The van der Waals surface area contributed by atoms with Crippen molar-refractivity contribution in [1.29, 1.82) is 0 Å². The Balaban J connectivity index is 1.98. The minimum absolute atomic E-state index is 0.122. The number of nitro groups is 1. The Kier molecular flexibility index (Phi) is 7.59. The normalized spacial score (nSPS) is 10.4. The van der Waals surface area contributed by atoms with Gasteiger partial charge in [-0.1, -0.05) is 32.3 Å². The van der Waals surface area contributed by atoms with Gasteiger partial charge in [-0.05, 0) is 46.6 Å². The fourth-order valence-corrected chi connectivity index (χ4v) is 2.78. The summed E-state index contributed by atoms with van der Waals surface area (Å²) in [5.74, 6) is 0.186. The van der Waals surface area contributed by atoms with E-state index in [9.17, 15) is 14.9 Å². The van der Waals surface area contributed by atoms with Crippen molar-refractivity contribution >= 4 is 27.6 Å². The van der Waals surface area contributed by atoms with Crippen molar-refractivity contribution in [3.05, 3.63) is 62.6 Å². The zero-order valence-corrected chi connectivity index (χ0v) is 16.0. The summed E-state index contributed by atoms with van der Waals surface area (Å²) in [6, 6.07) is 10.4. The van der Waals surface area contributed by atoms with Gasteiger partial charge in [-0.3, -0.25) is 10.1 Å². The van der Waals surface area contributed by atoms with Gasteiger partial charge in [-0.25, -0.2) is 4.79 Å². The predicted octanol–water partition coefficient (Wildman–Crippen LogP) is 5.54. The van der Waals surface area contributed by atoms with Gasteiger partial charge in [0.25, 0.3) is 5.69 Å². The van der Waals surface area contributed by atoms with Gasteiger partial charge >= 0.3 is 5.97 Å². The Labute approximate surface area is 160 Å². The summed E-state index contributed by atoms with van der Waals surface area (Å²) in [7, 11) is 0. The first-order chi connectivity index (χ1) is 12.5. The molecule has 0 radical (unpaired) electrons. The molecular formula is C19H20BrNO5. The first-order valence-electron chi connectivity index (χ1n) is 8.40. The number of unbranched alkanes of at least 4 members (excludes halogenated alkanes) is 3. The molecule has 26 heavy (non-hydrogen) atoms. The zero-order valence-electron chi connectivity index (χ0n) is 14.4. The van der Waals surface area contributed by atoms with Crippen LogP contribution in [0.2, 0.25) is 0 Å². The average molecular weight is 422 g/mol. The van der Waals surface area contributed by atoms with Gasteiger partial charge in [0.05, 0.1) is 27.6 Å². The molecule has 0 atom stereocenters. The maximum absolute atomic E-state index is 12.2. The van der Waals surface area contributed by atoms with E-state index in [1.165, 1.54) is 37.1 Å². The molecule has 0 N–H and O–H groups in total. The molecule has 0 aliphatic rings. The molecule has 0 spiro atoms. The molecule has 0 unspecified atom stereocenters. The van der Waals surface area contributed by atoms with Crippen molar-refractivity contribution < 1.29 is 19.2 Å². The predicted molar refractivity (Wildman–Crippen MR) is 102 cm³/mol. The quantitative estimate of drug-likeness (QED) is 0.174. The van der Waals surface area contributed by atoms with Crippen molar-refractivity contribution in [3.8, 4) is 11.5 Å². The maximum Gasteiger partial charge on any atom is 0.343 e. The van der Waals surface area contributed by atoms with E-state index in [1.54, 1.807) is 18.2 Å². The van der Waals surface area contributed by atoms with Crippen LogP contribution >= 0.6 is 15.9 Å². The molecule has 0 amide bonds. The molecule has 0 heterocycles. The molecule has 2 rings (SSSR count). The number of rotatable bonds is 9. The molecule has 2 aromatic carbocycles. The van der Waals surface area contributed by atoms with Gasteiger partial charge in [0.2, 0.25) is 0 Å². The van der Waals surface area contributed by atoms with Gasteiger partial charge in [-0.2, -0.15) is 0 Å². The summed E-state index contributed by atoms with van der Waals surface area (Å²) >= 11 is 3.39. The van der Waals surface area contributed by atoms with Crippen LogP contribution < -0.4 is 9.47 Å². The SMILES string of the molecule is CCCCCCOc1ccc(C(=O)Oc2cccc([N+](=O)[O-])c2)cc1Br. The minimum atomic E-state index is -0.597. The number of benzene rings is 2. The number of hydrogen-bond donors (Lipinski definition) is 0. The molecule has 7 heteroatoms. The Morgan fingerprint density at radius 3 is 2.65 bits per heavy atom. The highest BCUT2D eigenvalue weighted by Crippen LogP contribution is 2.27. The van der Waals surface area contributed by atoms with Crippen molar-refractivity contribution in [1.82, 2.24) is 0 Å². The summed E-state index contributed by atoms with van der Waals surface area (Å²) in [5.41, 5.74) is 0.185. The van der Waals surface area contributed by atoms with E-state index in [2.05, 4.69) is 22.9 Å². The summed E-state index contributed by atoms with van der Waals surface area (Å²) < 4.78 is 11.6. The fraction of sp³-hybridized carbons (Fsp3) is 0.316. The first kappa shape index (κ1) is 19.9. The minimum Gasteiger partial charge on any atom is -0.492 e. The number of halogens is 1. The molecule has 0 fully saturated rings. The molecule has 2 aromatic rings. The number of ether oxygens (including phenoxy) is 2. The van der Waals surface area contributed by atoms with E-state index < -0.39 is 10.9 Å². The number of carbonyl (C=O) groups is 1. The maximum atomic E-state index is 12.2. The lowest BCUT2D eigenvalue weighted by Crippen LogP contribution is -2.09. The lowest BCUT2D eigenvalue weighted by atomic mass is 10.2. The van der Waals surface area contributed by atoms with Crippen LogP contribution in [0.1, 0.15) is 43.0 Å². The Bertz CT molecular complexity index is 778. The molecule has 6 nitrogen and oxygen atoms in total. The third-order valence-corrected chi connectivity index (χ3v) is 4.28. The van der Waals surface area contributed by atoms with E-state index in [4.69, 9.17) is 9.47 Å². The van der Waals surface area contributed by atoms with Gasteiger partial charge in [0, 0.05) is 6.07 Å². The monoisotopic (exact) mass is 421 g/mol. The smallest absolute Gasteiger partial charge is 0.343 e. The Morgan fingerprint density at radius 1 is 1.15 bits per heavy atom. The van der Waals surface area contributed by atoms with Crippen LogP contribution in [0.5, 0.6) is 11.5 Å².